The van der Waals surface area contributed by atoms with E-state index in [4.69, 9.17) is 16.0 Å². The summed E-state index contributed by atoms with van der Waals surface area (Å²) in [6.45, 7) is -0.173. The van der Waals surface area contributed by atoms with Crippen LogP contribution in [0.5, 0.6) is 0 Å². The van der Waals surface area contributed by atoms with Gasteiger partial charge in [-0.25, -0.2) is 4.39 Å². The topological polar surface area (TPSA) is 56.5 Å². The van der Waals surface area contributed by atoms with Gasteiger partial charge in [0.1, 0.15) is 11.4 Å². The van der Waals surface area contributed by atoms with Crippen molar-refractivity contribution in [1.29, 1.82) is 0 Å². The number of rotatable bonds is 3. The molecule has 0 saturated heterocycles. The highest BCUT2D eigenvalue weighted by Crippen LogP contribution is 2.27. The molecule has 1 aromatic heterocycles. The van der Waals surface area contributed by atoms with Gasteiger partial charge in [-0.3, -0.25) is 4.18 Å². The first kappa shape index (κ1) is 12.3. The maximum absolute atomic E-state index is 13.1. The van der Waals surface area contributed by atoms with Crippen molar-refractivity contribution in [2.24, 2.45) is 0 Å². The van der Waals surface area contributed by atoms with Gasteiger partial charge in [0.2, 0.25) is 0 Å². The van der Waals surface area contributed by atoms with E-state index >= 15 is 0 Å². The van der Waals surface area contributed by atoms with Gasteiger partial charge >= 0.3 is 0 Å². The van der Waals surface area contributed by atoms with Crippen LogP contribution in [0.3, 0.4) is 0 Å². The highest BCUT2D eigenvalue weighted by Gasteiger charge is 2.12. The molecule has 4 nitrogen and oxygen atoms in total. The van der Waals surface area contributed by atoms with Crippen LogP contribution in [0.15, 0.2) is 22.8 Å². The average Bonchev–Trinajstić information content (AvgIpc) is 2.57. The van der Waals surface area contributed by atoms with E-state index in [-0.39, 0.29) is 11.6 Å². The molecule has 0 aliphatic carbocycles. The Morgan fingerprint density at radius 3 is 2.82 bits per heavy atom. The van der Waals surface area contributed by atoms with Gasteiger partial charge in [-0.05, 0) is 6.07 Å². The Balaban J connectivity index is 2.39. The van der Waals surface area contributed by atoms with Crippen molar-refractivity contribution < 1.29 is 21.4 Å². The third kappa shape index (κ3) is 2.77. The zero-order valence-electron chi connectivity index (χ0n) is 8.74. The monoisotopic (exact) mass is 278 g/mol. The molecular formula is C10H8ClFO4S. The van der Waals surface area contributed by atoms with Crippen molar-refractivity contribution in [1.82, 2.24) is 0 Å². The van der Waals surface area contributed by atoms with Crippen LogP contribution >= 0.6 is 11.6 Å². The Hall–Kier alpha value is -1.11. The number of furan rings is 1. The molecule has 0 atom stereocenters. The number of hydrogen-bond donors (Lipinski definition) is 0. The van der Waals surface area contributed by atoms with Crippen molar-refractivity contribution in [2.45, 2.75) is 6.61 Å². The molecule has 7 heteroatoms. The standard InChI is InChI=1S/C10H8ClFO4S/c1-17(13,14)16-5-6-4-15-10-3-9(12)8(11)2-7(6)10/h2-4H,5H2,1H3. The Labute approximate surface area is 102 Å². The minimum atomic E-state index is -3.54. The predicted octanol–water partition coefficient (Wildman–Crippen LogP) is 2.70. The van der Waals surface area contributed by atoms with Gasteiger partial charge in [0.15, 0.2) is 0 Å². The molecule has 0 aliphatic rings. The molecule has 1 heterocycles. The summed E-state index contributed by atoms with van der Waals surface area (Å²) in [5, 5.41) is 0.472. The summed E-state index contributed by atoms with van der Waals surface area (Å²) < 4.78 is 44.5. The zero-order valence-corrected chi connectivity index (χ0v) is 10.3. The second kappa shape index (κ2) is 4.29. The molecular weight excluding hydrogens is 271 g/mol. The van der Waals surface area contributed by atoms with E-state index in [2.05, 4.69) is 4.18 Å². The average molecular weight is 279 g/mol. The summed E-state index contributed by atoms with van der Waals surface area (Å²) >= 11 is 5.63. The SMILES string of the molecule is CS(=O)(=O)OCc1coc2cc(F)c(Cl)cc12. The quantitative estimate of drug-likeness (QED) is 0.810. The van der Waals surface area contributed by atoms with Crippen molar-refractivity contribution in [3.05, 3.63) is 34.8 Å². The molecule has 0 N–H and O–H groups in total. The minimum Gasteiger partial charge on any atom is -0.464 e. The molecule has 0 spiro atoms. The van der Waals surface area contributed by atoms with Crippen LogP contribution in [0.2, 0.25) is 5.02 Å². The van der Waals surface area contributed by atoms with E-state index < -0.39 is 15.9 Å². The van der Waals surface area contributed by atoms with Crippen molar-refractivity contribution >= 4 is 32.7 Å². The Kier molecular flexibility index (Phi) is 3.11. The number of fused-ring (bicyclic) bond motifs is 1. The van der Waals surface area contributed by atoms with Gasteiger partial charge in [0, 0.05) is 17.0 Å². The van der Waals surface area contributed by atoms with Gasteiger partial charge in [0.05, 0.1) is 24.1 Å². The van der Waals surface area contributed by atoms with Gasteiger partial charge in [-0.2, -0.15) is 8.42 Å². The minimum absolute atomic E-state index is 0.0560. The number of hydrogen-bond acceptors (Lipinski definition) is 4. The molecule has 0 radical (unpaired) electrons. The molecule has 0 saturated carbocycles. The number of benzene rings is 1. The first-order valence-electron chi connectivity index (χ1n) is 4.56. The maximum Gasteiger partial charge on any atom is 0.264 e. The lowest BCUT2D eigenvalue weighted by molar-refractivity contribution is 0.311. The Morgan fingerprint density at radius 1 is 1.47 bits per heavy atom. The molecule has 0 aliphatic heterocycles. The number of halogens is 2. The molecule has 17 heavy (non-hydrogen) atoms. The highest BCUT2D eigenvalue weighted by molar-refractivity contribution is 7.85. The Bertz CT molecular complexity index is 662. The van der Waals surface area contributed by atoms with Gasteiger partial charge < -0.3 is 4.42 Å². The highest BCUT2D eigenvalue weighted by atomic mass is 35.5. The summed E-state index contributed by atoms with van der Waals surface area (Å²) in [5.41, 5.74) is 0.784. The summed E-state index contributed by atoms with van der Waals surface area (Å²) in [4.78, 5) is 0. The summed E-state index contributed by atoms with van der Waals surface area (Å²) in [5.74, 6) is -0.593. The van der Waals surface area contributed by atoms with Crippen molar-refractivity contribution in [2.75, 3.05) is 6.26 Å². The second-order valence-electron chi connectivity index (χ2n) is 3.49. The van der Waals surface area contributed by atoms with Crippen molar-refractivity contribution in [3.8, 4) is 0 Å². The third-order valence-corrected chi connectivity index (χ3v) is 2.96. The predicted molar refractivity (Wildman–Crippen MR) is 60.8 cm³/mol. The largest absolute Gasteiger partial charge is 0.464 e. The molecule has 0 unspecified atom stereocenters. The van der Waals surface area contributed by atoms with Crippen LogP contribution in [0, 0.1) is 5.82 Å². The van der Waals surface area contributed by atoms with Gasteiger partial charge in [-0.1, -0.05) is 11.6 Å². The van der Waals surface area contributed by atoms with Crippen LogP contribution in [-0.4, -0.2) is 14.7 Å². The van der Waals surface area contributed by atoms with E-state index in [9.17, 15) is 12.8 Å². The third-order valence-electron chi connectivity index (χ3n) is 2.13. The molecule has 2 aromatic rings. The van der Waals surface area contributed by atoms with E-state index in [0.717, 1.165) is 12.3 Å². The van der Waals surface area contributed by atoms with Crippen LogP contribution < -0.4 is 0 Å². The molecule has 0 fully saturated rings. The fraction of sp³-hybridized carbons (Fsp3) is 0.200. The first-order chi connectivity index (χ1) is 7.87. The molecule has 2 rings (SSSR count). The van der Waals surface area contributed by atoms with Gasteiger partial charge in [-0.15, -0.1) is 0 Å². The van der Waals surface area contributed by atoms with Crippen LogP contribution in [0.1, 0.15) is 5.56 Å². The van der Waals surface area contributed by atoms with Crippen LogP contribution in [0.4, 0.5) is 4.39 Å². The van der Waals surface area contributed by atoms with E-state index in [0.29, 0.717) is 16.5 Å². The molecule has 1 aromatic carbocycles. The maximum atomic E-state index is 13.1. The van der Waals surface area contributed by atoms with Crippen LogP contribution in [-0.2, 0) is 20.9 Å². The molecule has 0 amide bonds. The van der Waals surface area contributed by atoms with E-state index in [1.54, 1.807) is 0 Å². The van der Waals surface area contributed by atoms with Gasteiger partial charge in [0.25, 0.3) is 10.1 Å². The second-order valence-corrected chi connectivity index (χ2v) is 5.54. The van der Waals surface area contributed by atoms with E-state index in [1.807, 2.05) is 0 Å². The first-order valence-corrected chi connectivity index (χ1v) is 6.76. The van der Waals surface area contributed by atoms with Crippen molar-refractivity contribution in [3.63, 3.8) is 0 Å². The summed E-state index contributed by atoms with van der Waals surface area (Å²) in [6.07, 6.45) is 2.26. The summed E-state index contributed by atoms with van der Waals surface area (Å²) in [6, 6.07) is 2.51. The normalized spacial score (nSPS) is 12.2. The fourth-order valence-electron chi connectivity index (χ4n) is 1.36. The fourth-order valence-corrected chi connectivity index (χ4v) is 1.86. The zero-order chi connectivity index (χ0) is 12.6. The molecule has 0 bridgehead atoms. The summed E-state index contributed by atoms with van der Waals surface area (Å²) in [7, 11) is -3.54. The lowest BCUT2D eigenvalue weighted by Crippen LogP contribution is -2.02. The smallest absolute Gasteiger partial charge is 0.264 e. The Morgan fingerprint density at radius 2 is 2.18 bits per heavy atom. The molecule has 92 valence electrons. The van der Waals surface area contributed by atoms with Crippen LogP contribution in [0.25, 0.3) is 11.0 Å². The van der Waals surface area contributed by atoms with E-state index in [1.165, 1.54) is 12.3 Å². The lowest BCUT2D eigenvalue weighted by Gasteiger charge is -1.99. The lowest BCUT2D eigenvalue weighted by atomic mass is 10.2.